The van der Waals surface area contributed by atoms with E-state index in [4.69, 9.17) is 16.3 Å². The molecule has 7 heteroatoms. The molecule has 1 saturated heterocycles. The van der Waals surface area contributed by atoms with Gasteiger partial charge >= 0.3 is 0 Å². The van der Waals surface area contributed by atoms with E-state index in [2.05, 4.69) is 14.6 Å². The summed E-state index contributed by atoms with van der Waals surface area (Å²) in [6, 6.07) is 16.8. The fourth-order valence-corrected chi connectivity index (χ4v) is 4.72. The molecule has 174 valence electrons. The summed E-state index contributed by atoms with van der Waals surface area (Å²) in [6.07, 6.45) is 5.38. The average Bonchev–Trinajstić information content (AvgIpc) is 3.16. The lowest BCUT2D eigenvalue weighted by atomic mass is 10.1. The van der Waals surface area contributed by atoms with Gasteiger partial charge in [-0.25, -0.2) is 0 Å². The largest absolute Gasteiger partial charge is 0.495 e. The van der Waals surface area contributed by atoms with Crippen molar-refractivity contribution in [2.75, 3.05) is 29.0 Å². The predicted molar refractivity (Wildman–Crippen MR) is 141 cm³/mol. The van der Waals surface area contributed by atoms with Crippen LogP contribution in [-0.4, -0.2) is 30.3 Å². The molecule has 1 amide bonds. The Morgan fingerprint density at radius 2 is 1.85 bits per heavy atom. The van der Waals surface area contributed by atoms with E-state index in [0.29, 0.717) is 27.7 Å². The fraction of sp³-hybridized carbons (Fsp3) is 0.308. The van der Waals surface area contributed by atoms with Crippen LogP contribution in [0.2, 0.25) is 5.02 Å². The van der Waals surface area contributed by atoms with Gasteiger partial charge in [0.2, 0.25) is 0 Å². The number of hydrogen-bond acceptors (Lipinski definition) is 5. The minimum absolute atomic E-state index is 0.161. The van der Waals surface area contributed by atoms with Gasteiger partial charge in [0.1, 0.15) is 5.75 Å². The number of methoxy groups -OCH3 is 1. The Kier molecular flexibility index (Phi) is 9.46. The predicted octanol–water partition coefficient (Wildman–Crippen LogP) is 7.33. The number of anilines is 2. The van der Waals surface area contributed by atoms with Crippen LogP contribution in [0.3, 0.4) is 0 Å². The zero-order chi connectivity index (χ0) is 23.6. The van der Waals surface area contributed by atoms with Gasteiger partial charge in [0.05, 0.1) is 24.0 Å². The molecule has 0 radical (unpaired) electrons. The number of hydrogen-bond donors (Lipinski definition) is 1. The summed E-state index contributed by atoms with van der Waals surface area (Å²) >= 11 is 8.23. The second kappa shape index (κ2) is 12.5. The van der Waals surface area contributed by atoms with Crippen molar-refractivity contribution in [2.45, 2.75) is 33.1 Å². The summed E-state index contributed by atoms with van der Waals surface area (Å²) in [4.78, 5) is 17.2. The number of carbonyl (C=O) groups is 1. The monoisotopic (exact) mass is 483 g/mol. The van der Waals surface area contributed by atoms with E-state index in [-0.39, 0.29) is 5.91 Å². The van der Waals surface area contributed by atoms with E-state index < -0.39 is 0 Å². The van der Waals surface area contributed by atoms with E-state index in [1.807, 2.05) is 68.3 Å². The summed E-state index contributed by atoms with van der Waals surface area (Å²) in [7, 11) is 1.60. The molecule has 4 rings (SSSR count). The highest BCUT2D eigenvalue weighted by Crippen LogP contribution is 2.31. The number of ether oxygens (including phenoxy) is 1. The van der Waals surface area contributed by atoms with Crippen molar-refractivity contribution in [3.8, 4) is 17.0 Å². The molecule has 0 bridgehead atoms. The van der Waals surface area contributed by atoms with Crippen LogP contribution >= 0.6 is 23.5 Å². The third-order valence-electron chi connectivity index (χ3n) is 5.14. The van der Waals surface area contributed by atoms with E-state index in [9.17, 15) is 4.79 Å². The Balaban J connectivity index is 0.00000149. The number of benzene rings is 2. The molecule has 2 heterocycles. The Morgan fingerprint density at radius 1 is 1.06 bits per heavy atom. The van der Waals surface area contributed by atoms with E-state index in [1.165, 1.54) is 19.3 Å². The van der Waals surface area contributed by atoms with Gasteiger partial charge < -0.3 is 14.4 Å². The Hall–Kier alpha value is -2.70. The second-order valence-corrected chi connectivity index (χ2v) is 8.79. The van der Waals surface area contributed by atoms with Crippen molar-refractivity contribution in [3.63, 3.8) is 0 Å². The van der Waals surface area contributed by atoms with E-state index in [1.54, 1.807) is 25.4 Å². The fourth-order valence-electron chi connectivity index (χ4n) is 3.42. The standard InChI is InChI=1S/C24H24ClN3O2S.C2H6/c1-30-20-10-12-23(26-16-20)21-15-18(7-11-22(21)25)27-24(29)17-5-8-19(9-6-17)28-13-3-2-4-14-31-28;1-2/h5-12,15-16H,2-4,13-14H2,1H3,(H,27,29);1-2H3. The van der Waals surface area contributed by atoms with Gasteiger partial charge in [-0.2, -0.15) is 0 Å². The summed E-state index contributed by atoms with van der Waals surface area (Å²) in [5, 5.41) is 3.52. The van der Waals surface area contributed by atoms with Gasteiger partial charge in [0.15, 0.2) is 0 Å². The van der Waals surface area contributed by atoms with Crippen molar-refractivity contribution in [1.82, 2.24) is 4.98 Å². The normalized spacial score (nSPS) is 13.4. The lowest BCUT2D eigenvalue weighted by Gasteiger charge is -2.21. The highest BCUT2D eigenvalue weighted by atomic mass is 35.5. The molecule has 0 aliphatic carbocycles. The molecule has 0 spiro atoms. The van der Waals surface area contributed by atoms with Crippen LogP contribution in [-0.2, 0) is 0 Å². The van der Waals surface area contributed by atoms with Crippen LogP contribution in [0.15, 0.2) is 60.8 Å². The summed E-state index contributed by atoms with van der Waals surface area (Å²) in [6.45, 7) is 5.04. The van der Waals surface area contributed by atoms with Crippen LogP contribution in [0.25, 0.3) is 11.3 Å². The number of nitrogens with one attached hydrogen (secondary N) is 1. The minimum Gasteiger partial charge on any atom is -0.495 e. The Morgan fingerprint density at radius 3 is 2.55 bits per heavy atom. The summed E-state index contributed by atoms with van der Waals surface area (Å²) < 4.78 is 7.48. The number of pyridine rings is 1. The molecular weight excluding hydrogens is 454 g/mol. The third-order valence-corrected chi connectivity index (χ3v) is 6.65. The molecule has 0 atom stereocenters. The van der Waals surface area contributed by atoms with E-state index in [0.717, 1.165) is 23.5 Å². The first-order chi connectivity index (χ1) is 16.1. The quantitative estimate of drug-likeness (QED) is 0.385. The van der Waals surface area contributed by atoms with Crippen molar-refractivity contribution in [1.29, 1.82) is 0 Å². The number of rotatable bonds is 5. The van der Waals surface area contributed by atoms with Crippen molar-refractivity contribution >= 4 is 40.8 Å². The zero-order valence-corrected chi connectivity index (χ0v) is 20.9. The van der Waals surface area contributed by atoms with Gasteiger partial charge in [-0.1, -0.05) is 31.9 Å². The number of nitrogens with zero attached hydrogens (tertiary/aromatic N) is 2. The van der Waals surface area contributed by atoms with Crippen molar-refractivity contribution in [3.05, 3.63) is 71.4 Å². The first-order valence-corrected chi connectivity index (χ1v) is 12.6. The molecule has 1 fully saturated rings. The molecule has 2 aromatic carbocycles. The zero-order valence-electron chi connectivity index (χ0n) is 19.3. The smallest absolute Gasteiger partial charge is 0.255 e. The SMILES string of the molecule is CC.COc1ccc(-c2cc(NC(=O)c3ccc(N4CCCCCS4)cc3)ccc2Cl)nc1. The lowest BCUT2D eigenvalue weighted by molar-refractivity contribution is 0.102. The number of amides is 1. The molecule has 0 unspecified atom stereocenters. The number of halogens is 1. The molecule has 1 aromatic heterocycles. The number of carbonyl (C=O) groups excluding carboxylic acids is 1. The highest BCUT2D eigenvalue weighted by molar-refractivity contribution is 8.00. The van der Waals surface area contributed by atoms with Gasteiger partial charge in [-0.05, 0) is 79.4 Å². The molecular formula is C26H30ClN3O2S. The topological polar surface area (TPSA) is 54.5 Å². The first-order valence-electron chi connectivity index (χ1n) is 11.3. The van der Waals surface area contributed by atoms with Gasteiger partial charge in [0.25, 0.3) is 5.91 Å². The Bertz CT molecular complexity index is 1030. The Labute approximate surface area is 205 Å². The van der Waals surface area contributed by atoms with Crippen LogP contribution < -0.4 is 14.4 Å². The lowest BCUT2D eigenvalue weighted by Crippen LogP contribution is -2.15. The minimum atomic E-state index is -0.161. The van der Waals surface area contributed by atoms with Crippen LogP contribution in [0.5, 0.6) is 5.75 Å². The highest BCUT2D eigenvalue weighted by Gasteiger charge is 2.13. The molecule has 1 aliphatic heterocycles. The molecule has 33 heavy (non-hydrogen) atoms. The van der Waals surface area contributed by atoms with Crippen LogP contribution in [0, 0.1) is 0 Å². The maximum Gasteiger partial charge on any atom is 0.255 e. The molecule has 0 saturated carbocycles. The van der Waals surface area contributed by atoms with Crippen LogP contribution in [0.4, 0.5) is 11.4 Å². The van der Waals surface area contributed by atoms with Crippen molar-refractivity contribution in [2.24, 2.45) is 0 Å². The third kappa shape index (κ3) is 6.65. The van der Waals surface area contributed by atoms with Gasteiger partial charge in [-0.3, -0.25) is 9.78 Å². The van der Waals surface area contributed by atoms with Gasteiger partial charge in [0, 0.05) is 34.8 Å². The summed E-state index contributed by atoms with van der Waals surface area (Å²) in [5.74, 6) is 1.65. The maximum atomic E-state index is 12.8. The van der Waals surface area contributed by atoms with Gasteiger partial charge in [-0.15, -0.1) is 0 Å². The second-order valence-electron chi connectivity index (χ2n) is 7.27. The van der Waals surface area contributed by atoms with Crippen LogP contribution in [0.1, 0.15) is 43.5 Å². The van der Waals surface area contributed by atoms with Crippen molar-refractivity contribution < 1.29 is 9.53 Å². The molecule has 1 N–H and O–H groups in total. The first kappa shape index (κ1) is 24.9. The van der Waals surface area contributed by atoms with E-state index >= 15 is 0 Å². The molecule has 5 nitrogen and oxygen atoms in total. The molecule has 3 aromatic rings. The average molecular weight is 484 g/mol. The summed E-state index contributed by atoms with van der Waals surface area (Å²) in [5.41, 5.74) is 3.87. The maximum absolute atomic E-state index is 12.8. The number of aromatic nitrogens is 1. The molecule has 1 aliphatic rings.